The minimum Gasteiger partial charge on any atom is -0.358 e. The van der Waals surface area contributed by atoms with Crippen molar-refractivity contribution in [3.8, 4) is 0 Å². The van der Waals surface area contributed by atoms with E-state index < -0.39 is 0 Å². The molecule has 7 heteroatoms. The van der Waals surface area contributed by atoms with Gasteiger partial charge in [-0.25, -0.2) is 0 Å². The van der Waals surface area contributed by atoms with E-state index in [2.05, 4.69) is 41.6 Å². The molecule has 1 heterocycles. The smallest absolute Gasteiger partial charge is 0.230 e. The van der Waals surface area contributed by atoms with E-state index in [1.54, 1.807) is 0 Å². The van der Waals surface area contributed by atoms with Gasteiger partial charge in [-0.2, -0.15) is 0 Å². The Bertz CT molecular complexity index is 548. The van der Waals surface area contributed by atoms with Crippen LogP contribution in [0.2, 0.25) is 0 Å². The number of carbonyl (C=O) groups is 1. The van der Waals surface area contributed by atoms with Gasteiger partial charge in [-0.1, -0.05) is 29.5 Å². The molecule has 1 aromatic rings. The van der Waals surface area contributed by atoms with Crippen molar-refractivity contribution in [3.63, 3.8) is 0 Å². The van der Waals surface area contributed by atoms with E-state index in [4.69, 9.17) is 0 Å². The van der Waals surface area contributed by atoms with Crippen LogP contribution < -0.4 is 10.6 Å². The van der Waals surface area contributed by atoms with Crippen molar-refractivity contribution in [1.29, 1.82) is 0 Å². The molecule has 0 saturated heterocycles. The lowest BCUT2D eigenvalue weighted by Crippen LogP contribution is -2.40. The number of hydrogen-bond donors (Lipinski definition) is 2. The molecule has 0 radical (unpaired) electrons. The third-order valence-electron chi connectivity index (χ3n) is 4.97. The van der Waals surface area contributed by atoms with Crippen LogP contribution in [0.15, 0.2) is 4.34 Å². The minimum absolute atomic E-state index is 0.110. The molecule has 2 aliphatic carbocycles. The molecule has 23 heavy (non-hydrogen) atoms. The zero-order valence-corrected chi connectivity index (χ0v) is 15.7. The van der Waals surface area contributed by atoms with Crippen molar-refractivity contribution in [2.45, 2.75) is 62.9 Å². The third-order valence-corrected chi connectivity index (χ3v) is 6.96. The summed E-state index contributed by atoms with van der Waals surface area (Å²) in [6.45, 7) is 6.31. The topological polar surface area (TPSA) is 66.9 Å². The predicted molar refractivity (Wildman–Crippen MR) is 95.9 cm³/mol. The van der Waals surface area contributed by atoms with Gasteiger partial charge in [-0.05, 0) is 57.8 Å². The molecular weight excluding hydrogens is 328 g/mol. The van der Waals surface area contributed by atoms with Crippen LogP contribution in [-0.4, -0.2) is 33.9 Å². The van der Waals surface area contributed by atoms with Crippen LogP contribution >= 0.6 is 23.1 Å². The minimum atomic E-state index is 0.110. The van der Waals surface area contributed by atoms with Gasteiger partial charge in [0, 0.05) is 12.1 Å². The molecule has 4 unspecified atom stereocenters. The lowest BCUT2D eigenvalue weighted by molar-refractivity contribution is -0.119. The second-order valence-electron chi connectivity index (χ2n) is 7.16. The first-order chi connectivity index (χ1) is 11.0. The van der Waals surface area contributed by atoms with Gasteiger partial charge < -0.3 is 10.6 Å². The molecule has 4 atom stereocenters. The second-order valence-corrected chi connectivity index (χ2v) is 9.36. The van der Waals surface area contributed by atoms with Gasteiger partial charge in [-0.3, -0.25) is 4.79 Å². The van der Waals surface area contributed by atoms with Gasteiger partial charge >= 0.3 is 0 Å². The third kappa shape index (κ3) is 4.38. The maximum absolute atomic E-state index is 12.2. The number of fused-ring (bicyclic) bond motifs is 2. The highest BCUT2D eigenvalue weighted by Crippen LogP contribution is 2.49. The summed E-state index contributed by atoms with van der Waals surface area (Å²) < 4.78 is 0.843. The Morgan fingerprint density at radius 1 is 1.30 bits per heavy atom. The Balaban J connectivity index is 1.41. The van der Waals surface area contributed by atoms with Crippen LogP contribution in [-0.2, 0) is 4.79 Å². The maximum Gasteiger partial charge on any atom is 0.230 e. The Hall–Kier alpha value is -0.820. The maximum atomic E-state index is 12.2. The summed E-state index contributed by atoms with van der Waals surface area (Å²) in [4.78, 5) is 12.2. The van der Waals surface area contributed by atoms with Crippen LogP contribution in [0.25, 0.3) is 0 Å². The van der Waals surface area contributed by atoms with E-state index >= 15 is 0 Å². The fourth-order valence-electron chi connectivity index (χ4n) is 4.01. The molecule has 0 spiro atoms. The second kappa shape index (κ2) is 7.38. The van der Waals surface area contributed by atoms with E-state index in [1.807, 2.05) is 0 Å². The molecule has 1 aromatic heterocycles. The molecule has 2 saturated carbocycles. The first-order valence-electron chi connectivity index (χ1n) is 8.53. The number of anilines is 1. The largest absolute Gasteiger partial charge is 0.358 e. The van der Waals surface area contributed by atoms with Crippen molar-refractivity contribution in [2.75, 3.05) is 11.1 Å². The number of hydrogen-bond acceptors (Lipinski definition) is 6. The Kier molecular flexibility index (Phi) is 5.46. The van der Waals surface area contributed by atoms with E-state index in [-0.39, 0.29) is 5.91 Å². The molecule has 2 fully saturated rings. The zero-order valence-electron chi connectivity index (χ0n) is 14.0. The van der Waals surface area contributed by atoms with E-state index in [9.17, 15) is 4.79 Å². The quantitative estimate of drug-likeness (QED) is 0.735. The number of aromatic nitrogens is 2. The van der Waals surface area contributed by atoms with Gasteiger partial charge in [0.1, 0.15) is 0 Å². The van der Waals surface area contributed by atoms with Crippen LogP contribution in [0.5, 0.6) is 0 Å². The van der Waals surface area contributed by atoms with Gasteiger partial charge in [0.2, 0.25) is 11.0 Å². The number of thioether (sulfide) groups is 1. The van der Waals surface area contributed by atoms with Crippen LogP contribution in [0, 0.1) is 17.8 Å². The van der Waals surface area contributed by atoms with E-state index in [0.717, 1.165) is 21.3 Å². The first-order valence-corrected chi connectivity index (χ1v) is 10.3. The molecular formula is C16H26N4OS2. The normalized spacial score (nSPS) is 27.4. The average molecular weight is 355 g/mol. The molecule has 3 rings (SSSR count). The summed E-state index contributed by atoms with van der Waals surface area (Å²) in [5, 5.41) is 15.5. The van der Waals surface area contributed by atoms with Crippen molar-refractivity contribution in [2.24, 2.45) is 17.8 Å². The van der Waals surface area contributed by atoms with Crippen molar-refractivity contribution in [3.05, 3.63) is 0 Å². The average Bonchev–Trinajstić information content (AvgIpc) is 3.20. The predicted octanol–water partition coefficient (Wildman–Crippen LogP) is 3.39. The van der Waals surface area contributed by atoms with Gasteiger partial charge in [0.05, 0.1) is 5.75 Å². The van der Waals surface area contributed by atoms with Crippen LogP contribution in [0.1, 0.15) is 46.5 Å². The Labute approximate surface area is 146 Å². The fraction of sp³-hybridized carbons (Fsp3) is 0.812. The summed E-state index contributed by atoms with van der Waals surface area (Å²) in [6.07, 6.45) is 5.46. The standard InChI is InChI=1S/C16H26N4OS2/c1-9(2)17-15-19-20-16(23-15)22-8-14(21)18-10(3)13-7-11-4-5-12(13)6-11/h9-13H,4-8H2,1-3H3,(H,17,19)(H,18,21). The molecule has 0 aromatic carbocycles. The molecule has 2 N–H and O–H groups in total. The molecule has 1 amide bonds. The number of amides is 1. The zero-order chi connectivity index (χ0) is 16.4. The highest BCUT2D eigenvalue weighted by Gasteiger charge is 2.42. The summed E-state index contributed by atoms with van der Waals surface area (Å²) >= 11 is 2.98. The number of carbonyl (C=O) groups excluding carboxylic acids is 1. The first kappa shape index (κ1) is 17.0. The summed E-state index contributed by atoms with van der Waals surface area (Å²) in [5.41, 5.74) is 0. The van der Waals surface area contributed by atoms with Gasteiger partial charge in [-0.15, -0.1) is 10.2 Å². The van der Waals surface area contributed by atoms with Gasteiger partial charge in [0.25, 0.3) is 0 Å². The lowest BCUT2D eigenvalue weighted by Gasteiger charge is -2.28. The SMILES string of the molecule is CC(C)Nc1nnc(SCC(=O)NC(C)C2CC3CCC2C3)s1. The molecule has 5 nitrogen and oxygen atoms in total. The summed E-state index contributed by atoms with van der Waals surface area (Å²) in [6, 6.07) is 0.637. The van der Waals surface area contributed by atoms with Crippen LogP contribution in [0.4, 0.5) is 5.13 Å². The van der Waals surface area contributed by atoms with Crippen molar-refractivity contribution >= 4 is 34.1 Å². The monoisotopic (exact) mass is 354 g/mol. The molecule has 128 valence electrons. The molecule has 2 bridgehead atoms. The number of rotatable bonds is 7. The van der Waals surface area contributed by atoms with Gasteiger partial charge in [0.15, 0.2) is 4.34 Å². The lowest BCUT2D eigenvalue weighted by atomic mass is 9.84. The Morgan fingerprint density at radius 2 is 2.13 bits per heavy atom. The van der Waals surface area contributed by atoms with E-state index in [1.165, 1.54) is 48.8 Å². The van der Waals surface area contributed by atoms with Crippen molar-refractivity contribution in [1.82, 2.24) is 15.5 Å². The summed E-state index contributed by atoms with van der Waals surface area (Å²) in [5.74, 6) is 2.98. The Morgan fingerprint density at radius 3 is 2.78 bits per heavy atom. The molecule has 2 aliphatic rings. The summed E-state index contributed by atoms with van der Waals surface area (Å²) in [7, 11) is 0. The van der Waals surface area contributed by atoms with E-state index in [0.29, 0.717) is 23.8 Å². The molecule has 0 aliphatic heterocycles. The number of nitrogens with zero attached hydrogens (tertiary/aromatic N) is 2. The highest BCUT2D eigenvalue weighted by molar-refractivity contribution is 8.01. The van der Waals surface area contributed by atoms with Crippen LogP contribution in [0.3, 0.4) is 0 Å². The fourth-order valence-corrected chi connectivity index (χ4v) is 5.72. The highest BCUT2D eigenvalue weighted by atomic mass is 32.2. The number of nitrogens with one attached hydrogen (secondary N) is 2. The van der Waals surface area contributed by atoms with Crippen molar-refractivity contribution < 1.29 is 4.79 Å².